The number of carbonyl (C=O) groups is 1. The monoisotopic (exact) mass is 654 g/mol. The average Bonchev–Trinajstić information content (AvgIpc) is 3.14. The Hall–Kier alpha value is -2.19. The molecule has 3 N–H and O–H groups in total. The lowest BCUT2D eigenvalue weighted by Gasteiger charge is -2.43. The number of ketones is 1. The van der Waals surface area contributed by atoms with Gasteiger partial charge in [0, 0.05) is 41.7 Å². The third kappa shape index (κ3) is 8.22. The molecule has 0 spiro atoms. The topological polar surface area (TPSA) is 101 Å². The Kier molecular flexibility index (Phi) is 11.2. The summed E-state index contributed by atoms with van der Waals surface area (Å²) in [5, 5.41) is 17.0. The van der Waals surface area contributed by atoms with Crippen LogP contribution in [0, 0.1) is 23.7 Å². The zero-order valence-corrected chi connectivity index (χ0v) is 28.7. The Morgan fingerprint density at radius 3 is 2.58 bits per heavy atom. The lowest BCUT2D eigenvalue weighted by molar-refractivity contribution is 0.0460. The first-order valence-corrected chi connectivity index (χ1v) is 19.0. The Labute approximate surface area is 275 Å². The summed E-state index contributed by atoms with van der Waals surface area (Å²) < 4.78 is 25.6. The summed E-state index contributed by atoms with van der Waals surface area (Å²) in [7, 11) is -3.88. The lowest BCUT2D eigenvalue weighted by Crippen LogP contribution is -2.44. The molecule has 3 aliphatic rings. The molecule has 2 bridgehead atoms. The van der Waals surface area contributed by atoms with Gasteiger partial charge in [-0.2, -0.15) is 0 Å². The number of unbranched alkanes of at least 4 members (excludes halogenated alkanes) is 1. The van der Waals surface area contributed by atoms with Crippen molar-refractivity contribution < 1.29 is 18.3 Å². The van der Waals surface area contributed by atoms with Gasteiger partial charge in [0.2, 0.25) is 10.0 Å². The largest absolute Gasteiger partial charge is 0.389 e. The highest BCUT2D eigenvalue weighted by Crippen LogP contribution is 2.42. The van der Waals surface area contributed by atoms with Gasteiger partial charge in [-0.1, -0.05) is 69.1 Å². The van der Waals surface area contributed by atoms with E-state index >= 15 is 0 Å². The standard InChI is InChI=1S/C37H51ClN2O4S/c1-4-5-7-26-19-31(38)15-17-32(26)29-13-11-25-10-12-27-20-34(25)40(22-29)23-30-14-16-33(30)35(41)9-6-8-28(21-36(27)42)37(18-24(2)3)45(39,43)44/h6,9-10,12,15,17,19-20,24,28-30,33,35,37,41H,4-5,7-8,11,13-14,16,18,21-23H2,1-3H3,(H2,39,43,44)/b9-6+/t28-,29+,30-,33+,35-,37+/m0/s1. The third-order valence-corrected chi connectivity index (χ3v) is 12.2. The smallest absolute Gasteiger partial charge is 0.212 e. The number of aryl methyl sites for hydroxylation is 2. The molecular weight excluding hydrogens is 604 g/mol. The summed E-state index contributed by atoms with van der Waals surface area (Å²) in [5.74, 6) is 0.380. The molecule has 0 amide bonds. The van der Waals surface area contributed by atoms with E-state index in [1.54, 1.807) is 0 Å². The van der Waals surface area contributed by atoms with Crippen LogP contribution in [0.4, 0.5) is 5.69 Å². The fourth-order valence-corrected chi connectivity index (χ4v) is 9.47. The summed E-state index contributed by atoms with van der Waals surface area (Å²) in [6.07, 6.45) is 11.2. The van der Waals surface area contributed by atoms with Gasteiger partial charge >= 0.3 is 0 Å². The van der Waals surface area contributed by atoms with Gasteiger partial charge in [-0.25, -0.2) is 13.6 Å². The molecule has 0 unspecified atom stereocenters. The lowest BCUT2D eigenvalue weighted by atomic mass is 9.70. The van der Waals surface area contributed by atoms with Crippen molar-refractivity contribution in [2.45, 2.75) is 102 Å². The highest BCUT2D eigenvalue weighted by atomic mass is 35.5. The van der Waals surface area contributed by atoms with E-state index in [1.165, 1.54) is 16.7 Å². The number of sulfonamides is 1. The Morgan fingerprint density at radius 1 is 1.09 bits per heavy atom. The SMILES string of the molecule is CCCCc1cc(Cl)ccc1[C@@H]1CCc2ccc3cc2N(C1)C[C@@H]1CC[C@H]1[C@@H](O)/C=C/C[C@H]([C@@H](CC(C)C)S(N)(=O)=O)CC3=O. The molecule has 0 saturated heterocycles. The number of halogens is 1. The number of Topliss-reactive ketones (excluding diaryl/α,β-unsaturated/α-hetero) is 1. The molecule has 6 atom stereocenters. The van der Waals surface area contributed by atoms with Gasteiger partial charge < -0.3 is 10.0 Å². The number of aliphatic hydroxyl groups is 1. The minimum absolute atomic E-state index is 0.0620. The van der Waals surface area contributed by atoms with E-state index in [0.29, 0.717) is 30.2 Å². The van der Waals surface area contributed by atoms with E-state index in [2.05, 4.69) is 36.1 Å². The Balaban J connectivity index is 1.53. The first-order chi connectivity index (χ1) is 21.4. The minimum atomic E-state index is -3.88. The molecule has 246 valence electrons. The third-order valence-electron chi connectivity index (χ3n) is 10.5. The van der Waals surface area contributed by atoms with Gasteiger partial charge in [0.1, 0.15) is 0 Å². The maximum absolute atomic E-state index is 13.9. The average molecular weight is 655 g/mol. The van der Waals surface area contributed by atoms with Gasteiger partial charge in [0.15, 0.2) is 5.78 Å². The van der Waals surface area contributed by atoms with Crippen LogP contribution in [0.25, 0.3) is 0 Å². The predicted octanol–water partition coefficient (Wildman–Crippen LogP) is 7.46. The van der Waals surface area contributed by atoms with Crippen LogP contribution in [0.3, 0.4) is 0 Å². The van der Waals surface area contributed by atoms with Gasteiger partial charge in [-0.05, 0) is 110 Å². The Bertz CT molecular complexity index is 1490. The molecule has 6 nitrogen and oxygen atoms in total. The minimum Gasteiger partial charge on any atom is -0.389 e. The molecule has 45 heavy (non-hydrogen) atoms. The van der Waals surface area contributed by atoms with Crippen molar-refractivity contribution in [3.63, 3.8) is 0 Å². The molecule has 1 fully saturated rings. The molecule has 1 aliphatic carbocycles. The van der Waals surface area contributed by atoms with Gasteiger partial charge in [0.25, 0.3) is 0 Å². The van der Waals surface area contributed by atoms with Crippen molar-refractivity contribution in [3.8, 4) is 0 Å². The van der Waals surface area contributed by atoms with E-state index in [9.17, 15) is 18.3 Å². The number of nitrogens with two attached hydrogens (primary N) is 1. The second-order valence-electron chi connectivity index (χ2n) is 14.2. The van der Waals surface area contributed by atoms with Crippen molar-refractivity contribution in [2.24, 2.45) is 28.8 Å². The molecule has 5 rings (SSSR count). The number of primary sulfonamides is 1. The van der Waals surface area contributed by atoms with Crippen molar-refractivity contribution in [1.82, 2.24) is 0 Å². The van der Waals surface area contributed by atoms with Crippen molar-refractivity contribution in [3.05, 3.63) is 75.8 Å². The van der Waals surface area contributed by atoms with Crippen LogP contribution in [-0.4, -0.2) is 43.8 Å². The van der Waals surface area contributed by atoms with Gasteiger partial charge in [-0.15, -0.1) is 0 Å². The fraction of sp³-hybridized carbons (Fsp3) is 0.595. The Morgan fingerprint density at radius 2 is 1.89 bits per heavy atom. The van der Waals surface area contributed by atoms with Crippen LogP contribution in [-0.2, 0) is 22.9 Å². The van der Waals surface area contributed by atoms with Crippen molar-refractivity contribution in [2.75, 3.05) is 18.0 Å². The number of hydrogen-bond donors (Lipinski definition) is 2. The zero-order valence-electron chi connectivity index (χ0n) is 27.1. The fourth-order valence-electron chi connectivity index (χ4n) is 7.88. The van der Waals surface area contributed by atoms with E-state index in [-0.39, 0.29) is 24.0 Å². The first-order valence-electron chi connectivity index (χ1n) is 17.0. The summed E-state index contributed by atoms with van der Waals surface area (Å²) in [4.78, 5) is 16.4. The van der Waals surface area contributed by atoms with E-state index in [1.807, 2.05) is 38.1 Å². The molecule has 0 radical (unpaired) electrons. The molecule has 0 aromatic heterocycles. The van der Waals surface area contributed by atoms with E-state index in [4.69, 9.17) is 16.7 Å². The van der Waals surface area contributed by atoms with E-state index in [0.717, 1.165) is 68.7 Å². The highest BCUT2D eigenvalue weighted by molar-refractivity contribution is 7.89. The van der Waals surface area contributed by atoms with Gasteiger partial charge in [0.05, 0.1) is 11.4 Å². The molecular formula is C37H51ClN2O4S. The number of rotatable bonds is 8. The molecule has 2 aromatic carbocycles. The second-order valence-corrected chi connectivity index (χ2v) is 16.5. The summed E-state index contributed by atoms with van der Waals surface area (Å²) in [6.45, 7) is 7.84. The maximum Gasteiger partial charge on any atom is 0.212 e. The summed E-state index contributed by atoms with van der Waals surface area (Å²) >= 11 is 6.47. The molecule has 2 heterocycles. The number of allylic oxidation sites excluding steroid dienone is 1. The summed E-state index contributed by atoms with van der Waals surface area (Å²) in [5.41, 5.74) is 5.66. The maximum atomic E-state index is 13.9. The van der Waals surface area contributed by atoms with Crippen LogP contribution >= 0.6 is 11.6 Å². The molecule has 1 saturated carbocycles. The molecule has 8 heteroatoms. The predicted molar refractivity (Wildman–Crippen MR) is 185 cm³/mol. The molecule has 2 aromatic rings. The van der Waals surface area contributed by atoms with Crippen LogP contribution in [0.5, 0.6) is 0 Å². The number of carbonyl (C=O) groups excluding carboxylic acids is 1. The number of hydrogen-bond acceptors (Lipinski definition) is 5. The highest BCUT2D eigenvalue weighted by Gasteiger charge is 2.39. The normalized spacial score (nSPS) is 27.2. The number of anilines is 1. The van der Waals surface area contributed by atoms with Crippen LogP contribution < -0.4 is 10.0 Å². The van der Waals surface area contributed by atoms with Crippen molar-refractivity contribution >= 4 is 33.1 Å². The van der Waals surface area contributed by atoms with Crippen LogP contribution in [0.2, 0.25) is 5.02 Å². The number of benzene rings is 2. The molecule has 2 aliphatic heterocycles. The quantitative estimate of drug-likeness (QED) is 0.288. The second kappa shape index (κ2) is 14.7. The van der Waals surface area contributed by atoms with Crippen LogP contribution in [0.1, 0.15) is 105 Å². The van der Waals surface area contributed by atoms with Gasteiger partial charge in [-0.3, -0.25) is 4.79 Å². The zero-order chi connectivity index (χ0) is 32.3. The van der Waals surface area contributed by atoms with Crippen LogP contribution in [0.15, 0.2) is 48.6 Å². The van der Waals surface area contributed by atoms with E-state index < -0.39 is 27.3 Å². The van der Waals surface area contributed by atoms with Crippen molar-refractivity contribution in [1.29, 1.82) is 0 Å². The number of nitrogens with zero attached hydrogens (tertiary/aromatic N) is 1. The first kappa shape index (κ1) is 34.2. The number of fused-ring (bicyclic) bond motifs is 2. The number of aliphatic hydroxyl groups excluding tert-OH is 1. The summed E-state index contributed by atoms with van der Waals surface area (Å²) in [6, 6.07) is 12.5.